The second kappa shape index (κ2) is 5.46. The highest BCUT2D eigenvalue weighted by Crippen LogP contribution is 2.31. The van der Waals surface area contributed by atoms with Crippen molar-refractivity contribution in [3.8, 4) is 0 Å². The molecule has 6 heteroatoms. The number of fused-ring (bicyclic) bond motifs is 2. The monoisotopic (exact) mass is 306 g/mol. The van der Waals surface area contributed by atoms with Crippen LogP contribution in [0.15, 0.2) is 36.9 Å². The van der Waals surface area contributed by atoms with Crippen molar-refractivity contribution in [3.05, 3.63) is 53.8 Å². The van der Waals surface area contributed by atoms with Crippen LogP contribution in [-0.4, -0.2) is 31.1 Å². The van der Waals surface area contributed by atoms with Gasteiger partial charge in [-0.1, -0.05) is 19.9 Å². The van der Waals surface area contributed by atoms with Gasteiger partial charge in [0.2, 0.25) is 5.95 Å². The molecular weight excluding hydrogens is 288 g/mol. The maximum atomic E-state index is 4.64. The largest absolute Gasteiger partial charge is 0.354 e. The fourth-order valence-electron chi connectivity index (χ4n) is 2.74. The molecule has 1 aliphatic rings. The van der Waals surface area contributed by atoms with Gasteiger partial charge < -0.3 is 5.32 Å². The van der Waals surface area contributed by atoms with Crippen LogP contribution in [0.2, 0.25) is 0 Å². The van der Waals surface area contributed by atoms with Gasteiger partial charge in [-0.2, -0.15) is 5.10 Å². The first-order valence-electron chi connectivity index (χ1n) is 7.81. The van der Waals surface area contributed by atoms with Gasteiger partial charge in [0.25, 0.3) is 0 Å². The van der Waals surface area contributed by atoms with Crippen LogP contribution < -0.4 is 5.32 Å². The van der Waals surface area contributed by atoms with E-state index < -0.39 is 0 Å². The summed E-state index contributed by atoms with van der Waals surface area (Å²) in [5.74, 6) is 1.27. The van der Waals surface area contributed by atoms with E-state index in [9.17, 15) is 0 Å². The number of aromatic nitrogens is 5. The molecule has 4 rings (SSSR count). The number of nitrogens with one attached hydrogen (secondary N) is 1. The molecule has 3 aromatic heterocycles. The Morgan fingerprint density at radius 1 is 1.26 bits per heavy atom. The van der Waals surface area contributed by atoms with Crippen LogP contribution in [0.1, 0.15) is 30.7 Å². The van der Waals surface area contributed by atoms with Gasteiger partial charge in [0.05, 0.1) is 5.69 Å². The molecule has 6 nitrogen and oxygen atoms in total. The number of rotatable bonds is 4. The van der Waals surface area contributed by atoms with Crippen LogP contribution in [0.4, 0.5) is 5.95 Å². The molecule has 1 aliphatic carbocycles. The lowest BCUT2D eigenvalue weighted by Gasteiger charge is -2.10. The average Bonchev–Trinajstić information content (AvgIpc) is 3.18. The molecule has 0 unspecified atom stereocenters. The Labute approximate surface area is 134 Å². The second-order valence-electron chi connectivity index (χ2n) is 6.13. The first kappa shape index (κ1) is 13.9. The van der Waals surface area contributed by atoms with Crippen LogP contribution in [0, 0.1) is 5.92 Å². The van der Waals surface area contributed by atoms with Gasteiger partial charge in [-0.05, 0) is 23.6 Å². The Balaban J connectivity index is 1.64. The smallest absolute Gasteiger partial charge is 0.222 e. The standard InChI is InChI=1S/C17H18N6/c1-11(2)7-18-17-19-8-14-13(4-5-15(14)22-17)12-3-6-16-20-10-21-23(16)9-12/h3-4,6,8-11H,5,7H2,1-2H3,(H,18,19,22). The van der Waals surface area contributed by atoms with Crippen LogP contribution in [-0.2, 0) is 6.42 Å². The topological polar surface area (TPSA) is 68.0 Å². The van der Waals surface area contributed by atoms with Crippen molar-refractivity contribution < 1.29 is 0 Å². The highest BCUT2D eigenvalue weighted by atomic mass is 15.3. The van der Waals surface area contributed by atoms with E-state index in [2.05, 4.69) is 51.4 Å². The van der Waals surface area contributed by atoms with E-state index in [0.717, 1.165) is 41.0 Å². The van der Waals surface area contributed by atoms with E-state index in [-0.39, 0.29) is 0 Å². The molecule has 3 heterocycles. The Bertz CT molecular complexity index is 893. The van der Waals surface area contributed by atoms with Gasteiger partial charge in [0, 0.05) is 36.5 Å². The lowest BCUT2D eigenvalue weighted by molar-refractivity contribution is 0.684. The van der Waals surface area contributed by atoms with E-state index in [1.54, 1.807) is 10.8 Å². The molecule has 0 fully saturated rings. The average molecular weight is 306 g/mol. The van der Waals surface area contributed by atoms with E-state index in [1.165, 1.54) is 0 Å². The molecule has 0 saturated carbocycles. The molecule has 0 radical (unpaired) electrons. The maximum absolute atomic E-state index is 4.64. The summed E-state index contributed by atoms with van der Waals surface area (Å²) in [5, 5.41) is 7.48. The molecule has 0 aromatic carbocycles. The Hall–Kier alpha value is -2.76. The van der Waals surface area contributed by atoms with E-state index in [0.29, 0.717) is 11.9 Å². The Kier molecular flexibility index (Phi) is 3.29. The fraction of sp³-hybridized carbons (Fsp3) is 0.294. The third kappa shape index (κ3) is 2.56. The van der Waals surface area contributed by atoms with Crippen LogP contribution >= 0.6 is 0 Å². The molecule has 0 aliphatic heterocycles. The second-order valence-corrected chi connectivity index (χ2v) is 6.13. The highest BCUT2D eigenvalue weighted by molar-refractivity contribution is 5.83. The minimum absolute atomic E-state index is 0.565. The zero-order valence-electron chi connectivity index (χ0n) is 13.2. The van der Waals surface area contributed by atoms with Gasteiger partial charge in [0.15, 0.2) is 5.65 Å². The number of nitrogens with zero attached hydrogens (tertiary/aromatic N) is 5. The van der Waals surface area contributed by atoms with Crippen molar-refractivity contribution in [2.24, 2.45) is 5.92 Å². The highest BCUT2D eigenvalue weighted by Gasteiger charge is 2.18. The van der Waals surface area contributed by atoms with Crippen molar-refractivity contribution >= 4 is 17.2 Å². The Morgan fingerprint density at radius 2 is 2.17 bits per heavy atom. The number of hydrogen-bond acceptors (Lipinski definition) is 5. The molecule has 0 amide bonds. The normalized spacial score (nSPS) is 13.4. The van der Waals surface area contributed by atoms with Crippen LogP contribution in [0.5, 0.6) is 0 Å². The van der Waals surface area contributed by atoms with E-state index in [1.807, 2.05) is 18.5 Å². The summed E-state index contributed by atoms with van der Waals surface area (Å²) >= 11 is 0. The first-order chi connectivity index (χ1) is 11.2. The maximum Gasteiger partial charge on any atom is 0.222 e. The SMILES string of the molecule is CC(C)CNc1ncc2c(n1)CC=C2c1ccc2ncnn2c1. The van der Waals surface area contributed by atoms with Gasteiger partial charge >= 0.3 is 0 Å². The summed E-state index contributed by atoms with van der Waals surface area (Å²) in [6.07, 6.45) is 8.50. The van der Waals surface area contributed by atoms with Crippen LogP contribution in [0.25, 0.3) is 11.2 Å². The van der Waals surface area contributed by atoms with Crippen molar-refractivity contribution in [2.75, 3.05) is 11.9 Å². The number of anilines is 1. The number of pyridine rings is 1. The molecule has 1 N–H and O–H groups in total. The predicted molar refractivity (Wildman–Crippen MR) is 89.1 cm³/mol. The van der Waals surface area contributed by atoms with Crippen molar-refractivity contribution in [1.29, 1.82) is 0 Å². The third-order valence-corrected chi connectivity index (χ3v) is 3.91. The van der Waals surface area contributed by atoms with Gasteiger partial charge in [-0.25, -0.2) is 19.5 Å². The molecule has 23 heavy (non-hydrogen) atoms. The minimum atomic E-state index is 0.565. The Morgan fingerprint density at radius 3 is 3.04 bits per heavy atom. The summed E-state index contributed by atoms with van der Waals surface area (Å²) in [5.41, 5.74) is 5.28. The third-order valence-electron chi connectivity index (χ3n) is 3.91. The predicted octanol–water partition coefficient (Wildman–Crippen LogP) is 2.58. The lowest BCUT2D eigenvalue weighted by atomic mass is 10.0. The fourth-order valence-corrected chi connectivity index (χ4v) is 2.74. The molecule has 0 spiro atoms. The summed E-state index contributed by atoms with van der Waals surface area (Å²) in [6.45, 7) is 5.21. The van der Waals surface area contributed by atoms with E-state index in [4.69, 9.17) is 0 Å². The minimum Gasteiger partial charge on any atom is -0.354 e. The van der Waals surface area contributed by atoms with Gasteiger partial charge in [0.1, 0.15) is 6.33 Å². The summed E-state index contributed by atoms with van der Waals surface area (Å²) in [6, 6.07) is 4.04. The molecule has 116 valence electrons. The molecule has 0 bridgehead atoms. The van der Waals surface area contributed by atoms with Crippen molar-refractivity contribution in [3.63, 3.8) is 0 Å². The van der Waals surface area contributed by atoms with Gasteiger partial charge in [-0.3, -0.25) is 0 Å². The molecular formula is C17H18N6. The first-order valence-corrected chi connectivity index (χ1v) is 7.81. The molecule has 0 atom stereocenters. The zero-order chi connectivity index (χ0) is 15.8. The van der Waals surface area contributed by atoms with E-state index >= 15 is 0 Å². The number of hydrogen-bond donors (Lipinski definition) is 1. The van der Waals surface area contributed by atoms with Crippen molar-refractivity contribution in [1.82, 2.24) is 24.6 Å². The summed E-state index contributed by atoms with van der Waals surface area (Å²) in [4.78, 5) is 13.3. The van der Waals surface area contributed by atoms with Crippen LogP contribution in [0.3, 0.4) is 0 Å². The lowest BCUT2D eigenvalue weighted by Crippen LogP contribution is -2.11. The van der Waals surface area contributed by atoms with Crippen molar-refractivity contribution in [2.45, 2.75) is 20.3 Å². The van der Waals surface area contributed by atoms with Gasteiger partial charge in [-0.15, -0.1) is 0 Å². The molecule has 0 saturated heterocycles. The summed E-state index contributed by atoms with van der Waals surface area (Å²) < 4.78 is 1.79. The number of allylic oxidation sites excluding steroid dienone is 1. The summed E-state index contributed by atoms with van der Waals surface area (Å²) in [7, 11) is 0. The molecule has 3 aromatic rings. The quantitative estimate of drug-likeness (QED) is 0.802. The zero-order valence-corrected chi connectivity index (χ0v) is 13.2.